The van der Waals surface area contributed by atoms with Crippen LogP contribution in [0.2, 0.25) is 0 Å². The Morgan fingerprint density at radius 2 is 1.65 bits per heavy atom. The van der Waals surface area contributed by atoms with E-state index in [4.69, 9.17) is 9.47 Å². The number of methoxy groups -OCH3 is 2. The van der Waals surface area contributed by atoms with Crippen LogP contribution in [0.4, 0.5) is 0 Å². The highest BCUT2D eigenvalue weighted by molar-refractivity contribution is 5.85. The summed E-state index contributed by atoms with van der Waals surface area (Å²) in [5.74, 6) is 2.36. The first-order chi connectivity index (χ1) is 15.9. The molecule has 34 heavy (non-hydrogen) atoms. The number of ether oxygens (including phenoxy) is 2. The molecule has 0 aliphatic carbocycles. The predicted octanol–water partition coefficient (Wildman–Crippen LogP) is 3.77. The van der Waals surface area contributed by atoms with E-state index in [1.807, 2.05) is 16.8 Å². The minimum atomic E-state index is -0.244. The fourth-order valence-electron chi connectivity index (χ4n) is 4.41. The number of nitrogens with zero attached hydrogens (tertiary/aromatic N) is 6. The second kappa shape index (κ2) is 11.2. The number of rotatable bonds is 7. The van der Waals surface area contributed by atoms with Gasteiger partial charge in [-0.2, -0.15) is 0 Å². The van der Waals surface area contributed by atoms with E-state index in [0.29, 0.717) is 0 Å². The van der Waals surface area contributed by atoms with Crippen molar-refractivity contribution in [3.05, 3.63) is 65.5 Å². The van der Waals surface area contributed by atoms with Gasteiger partial charge in [-0.05, 0) is 48.9 Å². The fraction of sp³-hybridized carbons (Fsp3) is 0.480. The van der Waals surface area contributed by atoms with Crippen molar-refractivity contribution in [1.29, 1.82) is 0 Å². The van der Waals surface area contributed by atoms with Gasteiger partial charge in [0.25, 0.3) is 0 Å². The van der Waals surface area contributed by atoms with Crippen LogP contribution in [0.5, 0.6) is 11.5 Å². The third-order valence-corrected chi connectivity index (χ3v) is 6.13. The predicted molar refractivity (Wildman–Crippen MR) is 135 cm³/mol. The Balaban J connectivity index is 0.00000324. The lowest BCUT2D eigenvalue weighted by molar-refractivity contribution is 0.0969. The molecule has 1 aromatic heterocycles. The Hall–Kier alpha value is -2.68. The largest absolute Gasteiger partial charge is 0.497 e. The van der Waals surface area contributed by atoms with Crippen LogP contribution in [0.1, 0.15) is 43.8 Å². The van der Waals surface area contributed by atoms with Crippen molar-refractivity contribution in [3.63, 3.8) is 0 Å². The number of tetrazole rings is 1. The summed E-state index contributed by atoms with van der Waals surface area (Å²) in [5.41, 5.74) is 2.14. The molecular weight excluding hydrogens is 452 g/mol. The van der Waals surface area contributed by atoms with Crippen molar-refractivity contribution < 1.29 is 9.47 Å². The zero-order valence-corrected chi connectivity index (χ0v) is 21.5. The number of piperazine rings is 1. The van der Waals surface area contributed by atoms with Crippen molar-refractivity contribution in [1.82, 2.24) is 30.0 Å². The van der Waals surface area contributed by atoms with Crippen LogP contribution in [0.3, 0.4) is 0 Å². The third-order valence-electron chi connectivity index (χ3n) is 6.13. The van der Waals surface area contributed by atoms with E-state index >= 15 is 0 Å². The van der Waals surface area contributed by atoms with Crippen LogP contribution in [-0.4, -0.2) is 70.4 Å². The number of halogens is 1. The molecule has 2 heterocycles. The molecule has 1 aliphatic rings. The molecule has 0 N–H and O–H groups in total. The average molecular weight is 487 g/mol. The quantitative estimate of drug-likeness (QED) is 0.503. The van der Waals surface area contributed by atoms with E-state index in [9.17, 15) is 0 Å². The molecule has 1 atom stereocenters. The molecule has 1 saturated heterocycles. The Morgan fingerprint density at radius 1 is 0.941 bits per heavy atom. The lowest BCUT2D eigenvalue weighted by Crippen LogP contribution is -2.48. The molecule has 0 radical (unpaired) electrons. The zero-order chi connectivity index (χ0) is 23.4. The first kappa shape index (κ1) is 25.9. The van der Waals surface area contributed by atoms with Crippen molar-refractivity contribution in [3.8, 4) is 11.5 Å². The Bertz CT molecular complexity index is 1050. The van der Waals surface area contributed by atoms with Gasteiger partial charge in [-0.1, -0.05) is 30.3 Å². The van der Waals surface area contributed by atoms with Crippen LogP contribution < -0.4 is 9.47 Å². The lowest BCUT2D eigenvalue weighted by atomic mass is 10.00. The summed E-state index contributed by atoms with van der Waals surface area (Å²) >= 11 is 0. The van der Waals surface area contributed by atoms with Crippen LogP contribution >= 0.6 is 12.4 Å². The maximum Gasteiger partial charge on any atom is 0.173 e. The molecule has 9 heteroatoms. The highest BCUT2D eigenvalue weighted by Crippen LogP contribution is 2.37. The van der Waals surface area contributed by atoms with Gasteiger partial charge in [0.2, 0.25) is 0 Å². The van der Waals surface area contributed by atoms with Crippen molar-refractivity contribution >= 4 is 12.4 Å². The van der Waals surface area contributed by atoms with E-state index in [0.717, 1.165) is 55.6 Å². The summed E-state index contributed by atoms with van der Waals surface area (Å²) in [6.45, 7) is 11.1. The Kier molecular flexibility index (Phi) is 8.52. The molecule has 8 nitrogen and oxygen atoms in total. The van der Waals surface area contributed by atoms with Crippen molar-refractivity contribution in [2.24, 2.45) is 0 Å². The summed E-state index contributed by atoms with van der Waals surface area (Å²) in [6, 6.07) is 16.5. The van der Waals surface area contributed by atoms with E-state index in [2.05, 4.69) is 82.5 Å². The van der Waals surface area contributed by atoms with Crippen molar-refractivity contribution in [2.75, 3.05) is 40.4 Å². The number of hydrogen-bond donors (Lipinski definition) is 0. The summed E-state index contributed by atoms with van der Waals surface area (Å²) < 4.78 is 13.1. The minimum Gasteiger partial charge on any atom is -0.497 e. The smallest absolute Gasteiger partial charge is 0.173 e. The van der Waals surface area contributed by atoms with Gasteiger partial charge in [0, 0.05) is 44.4 Å². The van der Waals surface area contributed by atoms with Crippen LogP contribution in [-0.2, 0) is 12.1 Å². The van der Waals surface area contributed by atoms with Gasteiger partial charge < -0.3 is 9.47 Å². The monoisotopic (exact) mass is 486 g/mol. The Labute approximate surface area is 208 Å². The zero-order valence-electron chi connectivity index (χ0n) is 20.6. The van der Waals surface area contributed by atoms with Gasteiger partial charge in [-0.3, -0.25) is 9.80 Å². The molecular formula is C25H35ClN6O2. The van der Waals surface area contributed by atoms with Gasteiger partial charge in [0.15, 0.2) is 5.82 Å². The van der Waals surface area contributed by atoms with Crippen LogP contribution in [0.15, 0.2) is 48.5 Å². The number of benzene rings is 2. The van der Waals surface area contributed by atoms with Gasteiger partial charge in [0.1, 0.15) is 17.5 Å². The molecule has 0 amide bonds. The van der Waals surface area contributed by atoms with E-state index in [-0.39, 0.29) is 24.0 Å². The first-order valence-electron chi connectivity index (χ1n) is 11.4. The second-order valence-electron chi connectivity index (χ2n) is 9.43. The summed E-state index contributed by atoms with van der Waals surface area (Å²) in [6.07, 6.45) is 0. The first-order valence-corrected chi connectivity index (χ1v) is 11.4. The van der Waals surface area contributed by atoms with Gasteiger partial charge in [-0.15, -0.1) is 17.5 Å². The lowest BCUT2D eigenvalue weighted by Gasteiger charge is -2.39. The number of hydrogen-bond acceptors (Lipinski definition) is 7. The highest BCUT2D eigenvalue weighted by atomic mass is 35.5. The van der Waals surface area contributed by atoms with E-state index in [1.165, 1.54) is 5.56 Å². The minimum absolute atomic E-state index is 0. The molecule has 184 valence electrons. The molecule has 1 fully saturated rings. The Morgan fingerprint density at radius 3 is 2.26 bits per heavy atom. The normalized spacial score (nSPS) is 16.0. The second-order valence-corrected chi connectivity index (χ2v) is 9.43. The van der Waals surface area contributed by atoms with Gasteiger partial charge >= 0.3 is 0 Å². The van der Waals surface area contributed by atoms with Crippen molar-refractivity contribution in [2.45, 2.75) is 38.9 Å². The maximum absolute atomic E-state index is 5.79. The average Bonchev–Trinajstić information content (AvgIpc) is 3.31. The highest BCUT2D eigenvalue weighted by Gasteiger charge is 2.35. The molecule has 0 bridgehead atoms. The van der Waals surface area contributed by atoms with E-state index in [1.54, 1.807) is 14.2 Å². The molecule has 0 spiro atoms. The van der Waals surface area contributed by atoms with Crippen LogP contribution in [0, 0.1) is 0 Å². The van der Waals surface area contributed by atoms with Crippen LogP contribution in [0.25, 0.3) is 0 Å². The molecule has 2 aromatic carbocycles. The van der Waals surface area contributed by atoms with Gasteiger partial charge in [0.05, 0.1) is 19.8 Å². The molecule has 1 unspecified atom stereocenters. The summed E-state index contributed by atoms with van der Waals surface area (Å²) in [7, 11) is 3.36. The molecule has 4 rings (SSSR count). The van der Waals surface area contributed by atoms with E-state index < -0.39 is 0 Å². The molecule has 3 aromatic rings. The summed E-state index contributed by atoms with van der Waals surface area (Å²) in [5, 5.41) is 12.9. The number of aromatic nitrogens is 4. The summed E-state index contributed by atoms with van der Waals surface area (Å²) in [4.78, 5) is 4.96. The molecule has 1 aliphatic heterocycles. The maximum atomic E-state index is 5.79. The fourth-order valence-corrected chi connectivity index (χ4v) is 4.41. The van der Waals surface area contributed by atoms with Gasteiger partial charge in [-0.25, -0.2) is 4.68 Å². The third kappa shape index (κ3) is 5.68. The standard InChI is InChI=1S/C25H34N6O2.ClH/c1-25(2,3)31-24(26-27-28-31)23(21-12-11-20(32-4)17-22(21)33-5)30-15-13-29(14-16-30)18-19-9-7-6-8-10-19;/h6-12,17,23H,13-16,18H2,1-5H3;1H. The molecule has 0 saturated carbocycles. The topological polar surface area (TPSA) is 68.5 Å². The SMILES string of the molecule is COc1ccc(C(c2nnnn2C(C)(C)C)N2CCN(Cc3ccccc3)CC2)c(OC)c1.Cl.